The minimum absolute atomic E-state index is 0.000188. The highest BCUT2D eigenvalue weighted by molar-refractivity contribution is 7.07. The molecule has 0 saturated carbocycles. The van der Waals surface area contributed by atoms with E-state index in [1.54, 1.807) is 12.4 Å². The van der Waals surface area contributed by atoms with Gasteiger partial charge in [0.2, 0.25) is 0 Å². The predicted molar refractivity (Wildman–Crippen MR) is 99.7 cm³/mol. The lowest BCUT2D eigenvalue weighted by atomic mass is 9.83. The monoisotopic (exact) mass is 382 g/mol. The summed E-state index contributed by atoms with van der Waals surface area (Å²) in [4.78, 5) is 35.6. The van der Waals surface area contributed by atoms with E-state index in [1.165, 1.54) is 0 Å². The molecule has 2 bridgehead atoms. The van der Waals surface area contributed by atoms with Crippen molar-refractivity contribution in [3.05, 3.63) is 51.1 Å². The quantitative estimate of drug-likeness (QED) is 0.727. The van der Waals surface area contributed by atoms with Gasteiger partial charge in [0.1, 0.15) is 10.7 Å². The van der Waals surface area contributed by atoms with Crippen LogP contribution in [0, 0.1) is 12.8 Å². The molecule has 5 rings (SSSR count). The molecule has 2 atom stereocenters. The summed E-state index contributed by atoms with van der Waals surface area (Å²) in [5, 5.41) is 3.95. The maximum atomic E-state index is 13.0. The number of hydrogen-bond acceptors (Lipinski definition) is 6. The Labute approximate surface area is 159 Å². The van der Waals surface area contributed by atoms with E-state index >= 15 is 0 Å². The molecule has 3 aromatic rings. The first-order valence-electron chi connectivity index (χ1n) is 8.93. The molecule has 2 aliphatic rings. The first kappa shape index (κ1) is 16.4. The number of H-pyrrole nitrogens is 1. The molecule has 0 aliphatic carbocycles. The zero-order chi connectivity index (χ0) is 18.5. The molecule has 27 heavy (non-hydrogen) atoms. The van der Waals surface area contributed by atoms with Crippen molar-refractivity contribution in [3.8, 4) is 11.4 Å². The molecule has 0 spiro atoms. The van der Waals surface area contributed by atoms with E-state index in [0.717, 1.165) is 23.6 Å². The highest BCUT2D eigenvalue weighted by Crippen LogP contribution is 2.36. The maximum absolute atomic E-state index is 13.0. The van der Waals surface area contributed by atoms with E-state index < -0.39 is 0 Å². The Balaban J connectivity index is 1.48. The zero-order valence-electron chi connectivity index (χ0n) is 14.8. The summed E-state index contributed by atoms with van der Waals surface area (Å²) in [5.41, 5.74) is 2.26. The number of amides is 1. The third kappa shape index (κ3) is 2.61. The van der Waals surface area contributed by atoms with Gasteiger partial charge in [-0.2, -0.15) is 0 Å². The fourth-order valence-corrected chi connectivity index (χ4v) is 4.90. The molecule has 0 radical (unpaired) electrons. The standard InChI is InChI=1S/C18H18N6O2S/c1-10-15(27-22-21-10)18(26)23-7-11-6-12(9-23)14-3-2-13(16-19-4-5-20-16)17(25)24(14)8-11/h2-5,11-12H,6-9H2,1H3,(H,19,20)/t11-,12+/m0/s1. The van der Waals surface area contributed by atoms with E-state index in [9.17, 15) is 9.59 Å². The molecule has 0 unspecified atom stereocenters. The number of piperidine rings is 1. The minimum Gasteiger partial charge on any atom is -0.344 e. The van der Waals surface area contributed by atoms with Crippen molar-refractivity contribution < 1.29 is 4.79 Å². The molecule has 138 valence electrons. The molecule has 2 aliphatic heterocycles. The topological polar surface area (TPSA) is 96.8 Å². The van der Waals surface area contributed by atoms with Crippen LogP contribution in [0.2, 0.25) is 0 Å². The largest absolute Gasteiger partial charge is 0.344 e. The first-order chi connectivity index (χ1) is 13.1. The molecular formula is C18H18N6O2S. The number of aryl methyl sites for hydroxylation is 1. The Morgan fingerprint density at radius 3 is 2.93 bits per heavy atom. The number of pyridine rings is 1. The predicted octanol–water partition coefficient (Wildman–Crippen LogP) is 1.66. The summed E-state index contributed by atoms with van der Waals surface area (Å²) in [6, 6.07) is 3.85. The Kier molecular flexibility index (Phi) is 3.71. The number of nitrogens with one attached hydrogen (secondary N) is 1. The number of carbonyl (C=O) groups is 1. The van der Waals surface area contributed by atoms with Crippen molar-refractivity contribution in [1.29, 1.82) is 0 Å². The van der Waals surface area contributed by atoms with Crippen molar-refractivity contribution in [3.63, 3.8) is 0 Å². The summed E-state index contributed by atoms with van der Waals surface area (Å²) in [6.45, 7) is 3.71. The smallest absolute Gasteiger partial charge is 0.267 e. The minimum atomic E-state index is -0.0144. The second-order valence-corrected chi connectivity index (χ2v) is 7.98. The summed E-state index contributed by atoms with van der Waals surface area (Å²) in [5.74, 6) is 1.03. The van der Waals surface area contributed by atoms with Gasteiger partial charge in [0.05, 0.1) is 11.3 Å². The second kappa shape index (κ2) is 6.12. The van der Waals surface area contributed by atoms with Gasteiger partial charge in [-0.1, -0.05) is 4.49 Å². The molecule has 1 amide bonds. The van der Waals surface area contributed by atoms with E-state index in [2.05, 4.69) is 19.6 Å². The van der Waals surface area contributed by atoms with Crippen LogP contribution in [-0.2, 0) is 6.54 Å². The van der Waals surface area contributed by atoms with Gasteiger partial charge in [-0.05, 0) is 42.9 Å². The average molecular weight is 382 g/mol. The van der Waals surface area contributed by atoms with Crippen molar-refractivity contribution in [1.82, 2.24) is 29.0 Å². The van der Waals surface area contributed by atoms with Gasteiger partial charge in [0, 0.05) is 43.6 Å². The maximum Gasteiger partial charge on any atom is 0.267 e. The number of imidazole rings is 1. The van der Waals surface area contributed by atoms with Gasteiger partial charge >= 0.3 is 0 Å². The van der Waals surface area contributed by atoms with E-state index in [1.807, 2.05) is 28.5 Å². The van der Waals surface area contributed by atoms with E-state index in [0.29, 0.717) is 41.6 Å². The Hall–Kier alpha value is -2.81. The SMILES string of the molecule is Cc1nnsc1C(=O)N1C[C@@H]2C[C@H](C1)c1ccc(-c3ncc[nH]3)c(=O)n1C2. The second-order valence-electron chi connectivity index (χ2n) is 7.22. The number of fused-ring (bicyclic) bond motifs is 4. The van der Waals surface area contributed by atoms with Crippen molar-refractivity contribution >= 4 is 17.4 Å². The van der Waals surface area contributed by atoms with Gasteiger partial charge in [-0.25, -0.2) is 4.98 Å². The van der Waals surface area contributed by atoms with Crippen LogP contribution in [0.3, 0.4) is 0 Å². The van der Waals surface area contributed by atoms with Crippen LogP contribution >= 0.6 is 11.5 Å². The van der Waals surface area contributed by atoms with Crippen LogP contribution in [0.1, 0.15) is 33.4 Å². The summed E-state index contributed by atoms with van der Waals surface area (Å²) in [7, 11) is 0. The van der Waals surface area contributed by atoms with E-state index in [-0.39, 0.29) is 23.3 Å². The van der Waals surface area contributed by atoms with Gasteiger partial charge in [0.15, 0.2) is 0 Å². The average Bonchev–Trinajstić information content (AvgIpc) is 3.33. The Morgan fingerprint density at radius 1 is 1.30 bits per heavy atom. The number of hydrogen-bond donors (Lipinski definition) is 1. The number of aromatic nitrogens is 5. The van der Waals surface area contributed by atoms with E-state index in [4.69, 9.17) is 0 Å². The molecule has 0 aromatic carbocycles. The highest BCUT2D eigenvalue weighted by atomic mass is 32.1. The summed E-state index contributed by atoms with van der Waals surface area (Å²) >= 11 is 1.15. The molecular weight excluding hydrogens is 364 g/mol. The van der Waals surface area contributed by atoms with Gasteiger partial charge in [-0.15, -0.1) is 5.10 Å². The van der Waals surface area contributed by atoms with Crippen LogP contribution in [0.25, 0.3) is 11.4 Å². The Bertz CT molecular complexity index is 1070. The number of rotatable bonds is 2. The normalized spacial score (nSPS) is 21.1. The van der Waals surface area contributed by atoms with Crippen LogP contribution in [-0.4, -0.2) is 48.0 Å². The van der Waals surface area contributed by atoms with Crippen LogP contribution in [0.4, 0.5) is 0 Å². The Morgan fingerprint density at radius 2 is 2.19 bits per heavy atom. The van der Waals surface area contributed by atoms with Crippen molar-refractivity contribution in [2.75, 3.05) is 13.1 Å². The molecule has 8 nitrogen and oxygen atoms in total. The van der Waals surface area contributed by atoms with Crippen LogP contribution < -0.4 is 5.56 Å². The van der Waals surface area contributed by atoms with Crippen LogP contribution in [0.5, 0.6) is 0 Å². The van der Waals surface area contributed by atoms with Crippen molar-refractivity contribution in [2.24, 2.45) is 5.92 Å². The fraction of sp³-hybridized carbons (Fsp3) is 0.389. The number of nitrogens with zero attached hydrogens (tertiary/aromatic N) is 5. The van der Waals surface area contributed by atoms with Gasteiger partial charge < -0.3 is 14.5 Å². The number of aromatic amines is 1. The molecule has 1 fully saturated rings. The lowest BCUT2D eigenvalue weighted by Gasteiger charge is -2.42. The lowest BCUT2D eigenvalue weighted by Crippen LogP contribution is -2.49. The molecule has 9 heteroatoms. The highest BCUT2D eigenvalue weighted by Gasteiger charge is 2.37. The van der Waals surface area contributed by atoms with Gasteiger partial charge in [0.25, 0.3) is 11.5 Å². The summed E-state index contributed by atoms with van der Waals surface area (Å²) < 4.78 is 5.75. The fourth-order valence-electron chi connectivity index (χ4n) is 4.28. The zero-order valence-corrected chi connectivity index (χ0v) is 15.6. The van der Waals surface area contributed by atoms with Crippen molar-refractivity contribution in [2.45, 2.75) is 25.8 Å². The molecule has 3 aromatic heterocycles. The number of carbonyl (C=O) groups excluding carboxylic acids is 1. The number of likely N-dealkylation sites (tertiary alicyclic amines) is 1. The van der Waals surface area contributed by atoms with Gasteiger partial charge in [-0.3, -0.25) is 9.59 Å². The summed E-state index contributed by atoms with van der Waals surface area (Å²) in [6.07, 6.45) is 4.37. The molecule has 1 saturated heterocycles. The molecule has 1 N–H and O–H groups in total. The first-order valence-corrected chi connectivity index (χ1v) is 9.71. The van der Waals surface area contributed by atoms with Crippen LogP contribution in [0.15, 0.2) is 29.3 Å². The lowest BCUT2D eigenvalue weighted by molar-refractivity contribution is 0.0598. The third-order valence-corrected chi connectivity index (χ3v) is 6.31. The third-order valence-electron chi connectivity index (χ3n) is 5.49. The molecule has 5 heterocycles.